The lowest BCUT2D eigenvalue weighted by Gasteiger charge is -2.13. The van der Waals surface area contributed by atoms with Gasteiger partial charge in [-0.05, 0) is 26.7 Å². The van der Waals surface area contributed by atoms with Crippen LogP contribution in [0.3, 0.4) is 0 Å². The van der Waals surface area contributed by atoms with E-state index < -0.39 is 0 Å². The maximum Gasteiger partial charge on any atom is 0.0834 e. The minimum absolute atomic E-state index is 0.0598. The third-order valence-electron chi connectivity index (χ3n) is 2.49. The molecule has 4 nitrogen and oxygen atoms in total. The Hall–Kier alpha value is -0.580. The smallest absolute Gasteiger partial charge is 0.0834 e. The highest BCUT2D eigenvalue weighted by Gasteiger charge is 2.15. The van der Waals surface area contributed by atoms with Crippen LogP contribution in [0.1, 0.15) is 38.4 Å². The Morgan fingerprint density at radius 3 is 2.94 bits per heavy atom. The molecule has 0 aliphatic carbocycles. The molecule has 1 rings (SSSR count). The van der Waals surface area contributed by atoms with Crippen LogP contribution in [0.15, 0.2) is 6.20 Å². The predicted octanol–water partition coefficient (Wildman–Crippen LogP) is 2.37. The van der Waals surface area contributed by atoms with Crippen molar-refractivity contribution in [2.24, 2.45) is 5.73 Å². The number of nitrogens with zero attached hydrogens (tertiary/aromatic N) is 2. The maximum atomic E-state index is 6.10. The van der Waals surface area contributed by atoms with E-state index in [1.54, 1.807) is 6.20 Å². The zero-order chi connectivity index (χ0) is 12.0. The highest BCUT2D eigenvalue weighted by atomic mass is 35.5. The van der Waals surface area contributed by atoms with Gasteiger partial charge in [0.1, 0.15) is 0 Å². The normalized spacial score (nSPS) is 13.0. The molecule has 0 amide bonds. The first kappa shape index (κ1) is 13.5. The van der Waals surface area contributed by atoms with Gasteiger partial charge in [0.15, 0.2) is 0 Å². The van der Waals surface area contributed by atoms with Gasteiger partial charge < -0.3 is 10.5 Å². The molecule has 1 atom stereocenters. The summed E-state index contributed by atoms with van der Waals surface area (Å²) >= 11 is 6.06. The quantitative estimate of drug-likeness (QED) is 0.751. The minimum atomic E-state index is -0.0598. The lowest BCUT2D eigenvalue weighted by Crippen LogP contribution is -2.17. The van der Waals surface area contributed by atoms with Crippen LogP contribution in [0, 0.1) is 0 Å². The standard InChI is InChI=1S/C11H20ClN3O/c1-3-15-11(9(12)8-14-15)10(13)6-5-7-16-4-2/h8,10H,3-7,13H2,1-2H3. The fourth-order valence-electron chi connectivity index (χ4n) is 1.68. The number of nitrogens with two attached hydrogens (primary N) is 1. The van der Waals surface area contributed by atoms with Gasteiger partial charge in [-0.3, -0.25) is 4.68 Å². The van der Waals surface area contributed by atoms with E-state index in [9.17, 15) is 0 Å². The lowest BCUT2D eigenvalue weighted by molar-refractivity contribution is 0.141. The Morgan fingerprint density at radius 1 is 1.56 bits per heavy atom. The number of hydrogen-bond acceptors (Lipinski definition) is 3. The lowest BCUT2D eigenvalue weighted by atomic mass is 10.1. The molecule has 0 radical (unpaired) electrons. The van der Waals surface area contributed by atoms with Crippen molar-refractivity contribution in [1.82, 2.24) is 9.78 Å². The van der Waals surface area contributed by atoms with E-state index in [0.717, 1.165) is 38.3 Å². The second kappa shape index (κ2) is 6.89. The molecule has 2 N–H and O–H groups in total. The zero-order valence-corrected chi connectivity index (χ0v) is 10.7. The Bertz CT molecular complexity index is 314. The summed E-state index contributed by atoms with van der Waals surface area (Å²) < 4.78 is 7.13. The molecular formula is C11H20ClN3O. The molecule has 1 heterocycles. The van der Waals surface area contributed by atoms with Gasteiger partial charge >= 0.3 is 0 Å². The molecular weight excluding hydrogens is 226 g/mol. The van der Waals surface area contributed by atoms with Crippen molar-refractivity contribution >= 4 is 11.6 Å². The summed E-state index contributed by atoms with van der Waals surface area (Å²) in [6.07, 6.45) is 3.47. The summed E-state index contributed by atoms with van der Waals surface area (Å²) in [6, 6.07) is -0.0598. The summed E-state index contributed by atoms with van der Waals surface area (Å²) in [5.74, 6) is 0. The monoisotopic (exact) mass is 245 g/mol. The topological polar surface area (TPSA) is 53.1 Å². The summed E-state index contributed by atoms with van der Waals surface area (Å²) in [5, 5.41) is 4.83. The highest BCUT2D eigenvalue weighted by molar-refractivity contribution is 6.31. The molecule has 0 saturated carbocycles. The van der Waals surface area contributed by atoms with Crippen LogP contribution < -0.4 is 5.73 Å². The van der Waals surface area contributed by atoms with Crippen molar-refractivity contribution in [2.75, 3.05) is 13.2 Å². The molecule has 1 aromatic heterocycles. The van der Waals surface area contributed by atoms with E-state index in [1.807, 2.05) is 18.5 Å². The molecule has 0 aliphatic heterocycles. The molecule has 0 aliphatic rings. The second-order valence-corrected chi connectivity index (χ2v) is 4.05. The Kier molecular flexibility index (Phi) is 5.80. The van der Waals surface area contributed by atoms with Crippen LogP contribution >= 0.6 is 11.6 Å². The van der Waals surface area contributed by atoms with Crippen LogP contribution in [0.4, 0.5) is 0 Å². The van der Waals surface area contributed by atoms with Gasteiger partial charge in [-0.2, -0.15) is 5.10 Å². The molecule has 1 aromatic rings. The summed E-state index contributed by atoms with van der Waals surface area (Å²) in [5.41, 5.74) is 7.03. The number of aromatic nitrogens is 2. The van der Waals surface area contributed by atoms with Gasteiger partial charge in [0.2, 0.25) is 0 Å². The number of rotatable bonds is 7. The van der Waals surface area contributed by atoms with Crippen LogP contribution in [0.25, 0.3) is 0 Å². The summed E-state index contributed by atoms with van der Waals surface area (Å²) in [6.45, 7) is 6.31. The number of halogens is 1. The van der Waals surface area contributed by atoms with Crippen molar-refractivity contribution in [3.63, 3.8) is 0 Å². The summed E-state index contributed by atoms with van der Waals surface area (Å²) in [4.78, 5) is 0. The van der Waals surface area contributed by atoms with Crippen molar-refractivity contribution in [3.8, 4) is 0 Å². The number of hydrogen-bond donors (Lipinski definition) is 1. The minimum Gasteiger partial charge on any atom is -0.382 e. The molecule has 5 heteroatoms. The first-order chi connectivity index (χ1) is 7.70. The van der Waals surface area contributed by atoms with Crippen molar-refractivity contribution < 1.29 is 4.74 Å². The molecule has 16 heavy (non-hydrogen) atoms. The molecule has 1 unspecified atom stereocenters. The molecule has 0 saturated heterocycles. The van der Waals surface area contributed by atoms with E-state index >= 15 is 0 Å². The third kappa shape index (κ3) is 3.47. The SMILES string of the molecule is CCOCCCC(N)c1c(Cl)cnn1CC. The van der Waals surface area contributed by atoms with E-state index in [-0.39, 0.29) is 6.04 Å². The molecule has 0 fully saturated rings. The van der Waals surface area contributed by atoms with Crippen molar-refractivity contribution in [1.29, 1.82) is 0 Å². The zero-order valence-electron chi connectivity index (χ0n) is 9.95. The molecule has 0 aromatic carbocycles. The molecule has 92 valence electrons. The highest BCUT2D eigenvalue weighted by Crippen LogP contribution is 2.24. The number of aryl methyl sites for hydroxylation is 1. The first-order valence-corrected chi connectivity index (χ1v) is 6.13. The predicted molar refractivity (Wildman–Crippen MR) is 65.6 cm³/mol. The van der Waals surface area contributed by atoms with Gasteiger partial charge in [-0.15, -0.1) is 0 Å². The maximum absolute atomic E-state index is 6.10. The fourth-order valence-corrected chi connectivity index (χ4v) is 1.96. The molecule has 0 bridgehead atoms. The van der Waals surface area contributed by atoms with Gasteiger partial charge in [-0.25, -0.2) is 0 Å². The van der Waals surface area contributed by atoms with Crippen LogP contribution in [0.2, 0.25) is 5.02 Å². The number of ether oxygens (including phenoxy) is 1. The second-order valence-electron chi connectivity index (χ2n) is 3.64. The Labute approximate surface area is 102 Å². The van der Waals surface area contributed by atoms with Crippen LogP contribution in [-0.2, 0) is 11.3 Å². The Balaban J connectivity index is 2.51. The van der Waals surface area contributed by atoms with Crippen molar-refractivity contribution in [2.45, 2.75) is 39.3 Å². The average Bonchev–Trinajstić information content (AvgIpc) is 2.65. The van der Waals surface area contributed by atoms with Gasteiger partial charge in [0.05, 0.1) is 16.9 Å². The Morgan fingerprint density at radius 2 is 2.31 bits per heavy atom. The van der Waals surface area contributed by atoms with Gasteiger partial charge in [-0.1, -0.05) is 11.6 Å². The summed E-state index contributed by atoms with van der Waals surface area (Å²) in [7, 11) is 0. The van der Waals surface area contributed by atoms with Crippen LogP contribution in [0.5, 0.6) is 0 Å². The van der Waals surface area contributed by atoms with E-state index in [2.05, 4.69) is 5.10 Å². The largest absolute Gasteiger partial charge is 0.382 e. The molecule has 0 spiro atoms. The van der Waals surface area contributed by atoms with E-state index in [0.29, 0.717) is 5.02 Å². The van der Waals surface area contributed by atoms with Gasteiger partial charge in [0.25, 0.3) is 0 Å². The van der Waals surface area contributed by atoms with Crippen molar-refractivity contribution in [3.05, 3.63) is 16.9 Å². The van der Waals surface area contributed by atoms with E-state index in [4.69, 9.17) is 22.1 Å². The van der Waals surface area contributed by atoms with Gasteiger partial charge in [0, 0.05) is 25.8 Å². The fraction of sp³-hybridized carbons (Fsp3) is 0.727. The van der Waals surface area contributed by atoms with E-state index in [1.165, 1.54) is 0 Å². The average molecular weight is 246 g/mol. The first-order valence-electron chi connectivity index (χ1n) is 5.75. The third-order valence-corrected chi connectivity index (χ3v) is 2.78. The van der Waals surface area contributed by atoms with Crippen LogP contribution in [-0.4, -0.2) is 23.0 Å².